The first-order valence-corrected chi connectivity index (χ1v) is 10.8. The van der Waals surface area contributed by atoms with E-state index in [-0.39, 0.29) is 16.8 Å². The van der Waals surface area contributed by atoms with E-state index in [1.165, 1.54) is 5.56 Å². The summed E-state index contributed by atoms with van der Waals surface area (Å²) in [5.41, 5.74) is 4.04. The Morgan fingerprint density at radius 3 is 2.33 bits per heavy atom. The maximum Gasteiger partial charge on any atom is 0.241 e. The lowest BCUT2D eigenvalue weighted by Gasteiger charge is -2.19. The molecule has 0 aliphatic carbocycles. The van der Waals surface area contributed by atoms with Gasteiger partial charge in [-0.15, -0.1) is 0 Å². The minimum Gasteiger partial charge on any atom is -0.312 e. The number of nitrogens with one attached hydrogen (secondary N) is 1. The van der Waals surface area contributed by atoms with E-state index in [2.05, 4.69) is 4.72 Å². The molecule has 1 aliphatic heterocycles. The average molecular weight is 387 g/mol. The smallest absolute Gasteiger partial charge is 0.241 e. The molecule has 1 heterocycles. The highest BCUT2D eigenvalue weighted by molar-refractivity contribution is 7.89. The molecule has 0 spiro atoms. The molecule has 2 aromatic rings. The van der Waals surface area contributed by atoms with E-state index >= 15 is 0 Å². The fourth-order valence-electron chi connectivity index (χ4n) is 3.35. The maximum absolute atomic E-state index is 12.8. The number of rotatable bonds is 6. The van der Waals surface area contributed by atoms with Crippen LogP contribution in [0.25, 0.3) is 0 Å². The van der Waals surface area contributed by atoms with Crippen LogP contribution in [-0.2, 0) is 14.8 Å². The summed E-state index contributed by atoms with van der Waals surface area (Å²) in [5, 5.41) is 0. The van der Waals surface area contributed by atoms with E-state index in [9.17, 15) is 13.2 Å². The van der Waals surface area contributed by atoms with Crippen LogP contribution >= 0.6 is 0 Å². The zero-order valence-corrected chi connectivity index (χ0v) is 16.8. The van der Waals surface area contributed by atoms with Crippen molar-refractivity contribution in [3.05, 3.63) is 59.2 Å². The second-order valence-electron chi connectivity index (χ2n) is 7.07. The van der Waals surface area contributed by atoms with Gasteiger partial charge in [0.25, 0.3) is 0 Å². The van der Waals surface area contributed by atoms with E-state index < -0.39 is 10.0 Å². The molecule has 144 valence electrons. The summed E-state index contributed by atoms with van der Waals surface area (Å²) >= 11 is 0. The number of carbonyl (C=O) groups excluding carboxylic acids is 1. The van der Waals surface area contributed by atoms with Gasteiger partial charge in [-0.25, -0.2) is 13.1 Å². The predicted octanol–water partition coefficient (Wildman–Crippen LogP) is 3.86. The first kappa shape index (κ1) is 19.6. The highest BCUT2D eigenvalue weighted by atomic mass is 32.2. The van der Waals surface area contributed by atoms with Crippen molar-refractivity contribution in [3.8, 4) is 0 Å². The Morgan fingerprint density at radius 1 is 1.07 bits per heavy atom. The molecule has 27 heavy (non-hydrogen) atoms. The zero-order valence-electron chi connectivity index (χ0n) is 16.0. The van der Waals surface area contributed by atoms with Gasteiger partial charge in [-0.05, 0) is 67.6 Å². The summed E-state index contributed by atoms with van der Waals surface area (Å²) in [7, 11) is -3.65. The first-order chi connectivity index (χ1) is 12.8. The van der Waals surface area contributed by atoms with Gasteiger partial charge < -0.3 is 4.90 Å². The molecule has 0 aromatic heterocycles. The number of hydrogen-bond acceptors (Lipinski definition) is 3. The van der Waals surface area contributed by atoms with Crippen molar-refractivity contribution < 1.29 is 13.2 Å². The summed E-state index contributed by atoms with van der Waals surface area (Å²) in [4.78, 5) is 13.8. The van der Waals surface area contributed by atoms with Crippen LogP contribution in [-0.4, -0.2) is 20.9 Å². The standard InChI is InChI=1S/C21H26N2O3S/c1-4-20(17-8-7-15(2)16(3)14-17)22-27(25,26)19-11-9-18(10-12-19)23-13-5-6-21(23)24/h7-12,14,20,22H,4-6,13H2,1-3H3/t20-/m0/s1. The molecule has 1 N–H and O–H groups in total. The Balaban J connectivity index is 1.80. The maximum atomic E-state index is 12.8. The molecule has 2 aromatic carbocycles. The molecule has 1 atom stereocenters. The number of carbonyl (C=O) groups is 1. The van der Waals surface area contributed by atoms with Crippen molar-refractivity contribution in [2.75, 3.05) is 11.4 Å². The van der Waals surface area contributed by atoms with Crippen LogP contribution in [0.15, 0.2) is 47.4 Å². The lowest BCUT2D eigenvalue weighted by atomic mass is 10.0. The number of sulfonamides is 1. The van der Waals surface area contributed by atoms with Crippen molar-refractivity contribution >= 4 is 21.6 Å². The van der Waals surface area contributed by atoms with Gasteiger partial charge in [0.1, 0.15) is 0 Å². The summed E-state index contributed by atoms with van der Waals surface area (Å²) in [6.07, 6.45) is 2.05. The number of anilines is 1. The van der Waals surface area contributed by atoms with Crippen LogP contribution < -0.4 is 9.62 Å². The van der Waals surface area contributed by atoms with Crippen LogP contribution in [0.5, 0.6) is 0 Å². The molecule has 0 bridgehead atoms. The Bertz CT molecular complexity index is 936. The van der Waals surface area contributed by atoms with Crippen LogP contribution in [0.3, 0.4) is 0 Å². The number of amides is 1. The Hall–Kier alpha value is -2.18. The molecule has 5 nitrogen and oxygen atoms in total. The van der Waals surface area contributed by atoms with Gasteiger partial charge in [-0.2, -0.15) is 0 Å². The van der Waals surface area contributed by atoms with Gasteiger partial charge >= 0.3 is 0 Å². The lowest BCUT2D eigenvalue weighted by molar-refractivity contribution is -0.117. The molecule has 1 amide bonds. The third kappa shape index (κ3) is 4.22. The van der Waals surface area contributed by atoms with Crippen LogP contribution in [0.1, 0.15) is 48.9 Å². The van der Waals surface area contributed by atoms with E-state index in [1.807, 2.05) is 39.0 Å². The Labute approximate surface area is 161 Å². The minimum absolute atomic E-state index is 0.0875. The van der Waals surface area contributed by atoms with Crippen molar-refractivity contribution in [1.29, 1.82) is 0 Å². The van der Waals surface area contributed by atoms with Gasteiger partial charge in [0.05, 0.1) is 4.90 Å². The first-order valence-electron chi connectivity index (χ1n) is 9.31. The fraction of sp³-hybridized carbons (Fsp3) is 0.381. The van der Waals surface area contributed by atoms with Crippen molar-refractivity contribution in [3.63, 3.8) is 0 Å². The molecule has 0 saturated carbocycles. The lowest BCUT2D eigenvalue weighted by Crippen LogP contribution is -2.28. The molecule has 1 fully saturated rings. The average Bonchev–Trinajstić information content (AvgIpc) is 3.08. The fourth-order valence-corrected chi connectivity index (χ4v) is 4.66. The van der Waals surface area contributed by atoms with Crippen LogP contribution in [0.4, 0.5) is 5.69 Å². The topological polar surface area (TPSA) is 66.5 Å². The third-order valence-corrected chi connectivity index (χ3v) is 6.66. The Morgan fingerprint density at radius 2 is 1.78 bits per heavy atom. The molecule has 0 unspecified atom stereocenters. The number of benzene rings is 2. The molecule has 0 radical (unpaired) electrons. The number of nitrogens with zero attached hydrogens (tertiary/aromatic N) is 1. The van der Waals surface area contributed by atoms with E-state index in [4.69, 9.17) is 0 Å². The molecule has 1 saturated heterocycles. The zero-order chi connectivity index (χ0) is 19.6. The second-order valence-corrected chi connectivity index (χ2v) is 8.78. The van der Waals surface area contributed by atoms with Gasteiger partial charge in [-0.3, -0.25) is 4.79 Å². The van der Waals surface area contributed by atoms with Gasteiger partial charge in [0, 0.05) is 24.7 Å². The largest absolute Gasteiger partial charge is 0.312 e. The summed E-state index contributed by atoms with van der Waals surface area (Å²) < 4.78 is 28.5. The van der Waals surface area contributed by atoms with Crippen molar-refractivity contribution in [2.24, 2.45) is 0 Å². The van der Waals surface area contributed by atoms with Gasteiger partial charge in [0.2, 0.25) is 15.9 Å². The molecule has 1 aliphatic rings. The molecule has 6 heteroatoms. The molecular weight excluding hydrogens is 360 g/mol. The predicted molar refractivity (Wildman–Crippen MR) is 107 cm³/mol. The van der Waals surface area contributed by atoms with Crippen LogP contribution in [0.2, 0.25) is 0 Å². The van der Waals surface area contributed by atoms with E-state index in [1.54, 1.807) is 29.2 Å². The summed E-state index contributed by atoms with van der Waals surface area (Å²) in [5.74, 6) is 0.0875. The SMILES string of the molecule is CC[C@H](NS(=O)(=O)c1ccc(N2CCCC2=O)cc1)c1ccc(C)c(C)c1. The monoisotopic (exact) mass is 386 g/mol. The normalized spacial score (nSPS) is 16.0. The summed E-state index contributed by atoms with van der Waals surface area (Å²) in [6.45, 7) is 6.72. The molecule has 3 rings (SSSR count). The van der Waals surface area contributed by atoms with E-state index in [0.717, 1.165) is 23.2 Å². The van der Waals surface area contributed by atoms with E-state index in [0.29, 0.717) is 19.4 Å². The second kappa shape index (κ2) is 7.82. The quantitative estimate of drug-likeness (QED) is 0.820. The highest BCUT2D eigenvalue weighted by Crippen LogP contribution is 2.25. The van der Waals surface area contributed by atoms with Crippen LogP contribution in [0, 0.1) is 13.8 Å². The molecular formula is C21H26N2O3S. The van der Waals surface area contributed by atoms with Gasteiger partial charge in [0.15, 0.2) is 0 Å². The highest BCUT2D eigenvalue weighted by Gasteiger charge is 2.24. The minimum atomic E-state index is -3.65. The van der Waals surface area contributed by atoms with Crippen molar-refractivity contribution in [2.45, 2.75) is 51.0 Å². The number of hydrogen-bond donors (Lipinski definition) is 1. The summed E-state index contributed by atoms with van der Waals surface area (Å²) in [6, 6.07) is 12.3. The number of aryl methyl sites for hydroxylation is 2. The Kier molecular flexibility index (Phi) is 5.67. The van der Waals surface area contributed by atoms with Crippen molar-refractivity contribution in [1.82, 2.24) is 4.72 Å². The third-order valence-electron chi connectivity index (χ3n) is 5.17. The van der Waals surface area contributed by atoms with Gasteiger partial charge in [-0.1, -0.05) is 25.1 Å².